The van der Waals surface area contributed by atoms with Crippen molar-refractivity contribution in [3.05, 3.63) is 35.4 Å². The van der Waals surface area contributed by atoms with Crippen LogP contribution >= 0.6 is 0 Å². The molecule has 1 heterocycles. The number of unbranched alkanes of at least 4 members (excludes halogenated alkanes) is 1. The summed E-state index contributed by atoms with van der Waals surface area (Å²) in [5.74, 6) is 0.0237. The molecule has 1 saturated heterocycles. The van der Waals surface area contributed by atoms with Gasteiger partial charge in [0.1, 0.15) is 0 Å². The second kappa shape index (κ2) is 9.46. The molecule has 4 heteroatoms. The van der Waals surface area contributed by atoms with Crippen molar-refractivity contribution in [2.24, 2.45) is 0 Å². The Morgan fingerprint density at radius 3 is 2.65 bits per heavy atom. The third-order valence-corrected chi connectivity index (χ3v) is 4.34. The van der Waals surface area contributed by atoms with E-state index in [0.29, 0.717) is 5.56 Å². The average Bonchev–Trinajstić information content (AvgIpc) is 2.59. The Bertz CT molecular complexity index is 505. The maximum Gasteiger partial charge on any atom is 0.220 e. The smallest absolute Gasteiger partial charge is 0.220 e. The summed E-state index contributed by atoms with van der Waals surface area (Å²) in [6.07, 6.45) is 6.06. The predicted octanol–water partition coefficient (Wildman–Crippen LogP) is 2.86. The molecule has 0 saturated carbocycles. The van der Waals surface area contributed by atoms with Crippen molar-refractivity contribution >= 4 is 11.7 Å². The zero-order valence-corrected chi connectivity index (χ0v) is 14.1. The van der Waals surface area contributed by atoms with Gasteiger partial charge >= 0.3 is 0 Å². The summed E-state index contributed by atoms with van der Waals surface area (Å²) >= 11 is 0. The standard InChI is InChI=1S/C19H28N2O2/c1-2-3-5-15-7-9-16(10-8-15)18(22)11-12-19(23)21-17-6-4-13-20-14-17/h7-10,17,20H,2-6,11-14H2,1H3,(H,21,23). The van der Waals surface area contributed by atoms with Crippen molar-refractivity contribution in [3.63, 3.8) is 0 Å². The molecule has 1 aliphatic heterocycles. The van der Waals surface area contributed by atoms with Gasteiger partial charge in [0.15, 0.2) is 5.78 Å². The maximum absolute atomic E-state index is 12.2. The Morgan fingerprint density at radius 2 is 2.00 bits per heavy atom. The van der Waals surface area contributed by atoms with Crippen LogP contribution in [0.15, 0.2) is 24.3 Å². The lowest BCUT2D eigenvalue weighted by Crippen LogP contribution is -2.45. The van der Waals surface area contributed by atoms with E-state index in [0.717, 1.165) is 32.4 Å². The summed E-state index contributed by atoms with van der Waals surface area (Å²) in [4.78, 5) is 24.1. The molecule has 1 aromatic carbocycles. The number of nitrogens with one attached hydrogen (secondary N) is 2. The van der Waals surface area contributed by atoms with Gasteiger partial charge in [0.05, 0.1) is 0 Å². The van der Waals surface area contributed by atoms with E-state index >= 15 is 0 Å². The molecule has 0 radical (unpaired) electrons. The molecule has 0 bridgehead atoms. The average molecular weight is 316 g/mol. The zero-order valence-electron chi connectivity index (χ0n) is 14.1. The largest absolute Gasteiger partial charge is 0.352 e. The maximum atomic E-state index is 12.2. The summed E-state index contributed by atoms with van der Waals surface area (Å²) < 4.78 is 0. The van der Waals surface area contributed by atoms with E-state index in [1.807, 2.05) is 24.3 Å². The first-order valence-corrected chi connectivity index (χ1v) is 8.81. The number of carbonyl (C=O) groups excluding carboxylic acids is 2. The van der Waals surface area contributed by atoms with Crippen LogP contribution in [0, 0.1) is 0 Å². The van der Waals surface area contributed by atoms with Gasteiger partial charge in [0, 0.05) is 31.0 Å². The van der Waals surface area contributed by atoms with Crippen LogP contribution in [0.4, 0.5) is 0 Å². The van der Waals surface area contributed by atoms with Crippen molar-refractivity contribution in [2.75, 3.05) is 13.1 Å². The number of benzene rings is 1. The molecule has 126 valence electrons. The molecule has 2 rings (SSSR count). The molecule has 0 aromatic heterocycles. The Kier molecular flexibility index (Phi) is 7.27. The zero-order chi connectivity index (χ0) is 16.5. The first-order valence-electron chi connectivity index (χ1n) is 8.81. The van der Waals surface area contributed by atoms with E-state index in [4.69, 9.17) is 0 Å². The van der Waals surface area contributed by atoms with E-state index in [9.17, 15) is 9.59 Å². The highest BCUT2D eigenvalue weighted by Crippen LogP contribution is 2.11. The first-order chi connectivity index (χ1) is 11.2. The fourth-order valence-corrected chi connectivity index (χ4v) is 2.88. The molecular weight excluding hydrogens is 288 g/mol. The number of hydrogen-bond acceptors (Lipinski definition) is 3. The van der Waals surface area contributed by atoms with Crippen LogP contribution in [-0.2, 0) is 11.2 Å². The van der Waals surface area contributed by atoms with E-state index in [1.54, 1.807) is 0 Å². The Morgan fingerprint density at radius 1 is 1.22 bits per heavy atom. The Hall–Kier alpha value is -1.68. The van der Waals surface area contributed by atoms with E-state index in [1.165, 1.54) is 18.4 Å². The van der Waals surface area contributed by atoms with Crippen molar-refractivity contribution in [2.45, 2.75) is 57.9 Å². The van der Waals surface area contributed by atoms with Crippen LogP contribution in [0.5, 0.6) is 0 Å². The summed E-state index contributed by atoms with van der Waals surface area (Å²) in [7, 11) is 0. The van der Waals surface area contributed by atoms with Gasteiger partial charge in [0.2, 0.25) is 5.91 Å². The fraction of sp³-hybridized carbons (Fsp3) is 0.579. The Labute approximate surface area is 139 Å². The molecule has 2 N–H and O–H groups in total. The molecule has 1 aliphatic rings. The minimum Gasteiger partial charge on any atom is -0.352 e. The summed E-state index contributed by atoms with van der Waals surface area (Å²) in [5, 5.41) is 6.27. The van der Waals surface area contributed by atoms with Gasteiger partial charge in [0.25, 0.3) is 0 Å². The quantitative estimate of drug-likeness (QED) is 0.725. The normalized spacial score (nSPS) is 17.7. The first kappa shape index (κ1) is 17.7. The minimum absolute atomic E-state index is 0.0217. The van der Waals surface area contributed by atoms with Gasteiger partial charge in [-0.05, 0) is 37.8 Å². The second-order valence-electron chi connectivity index (χ2n) is 6.33. The fourth-order valence-electron chi connectivity index (χ4n) is 2.88. The molecule has 1 amide bonds. The monoisotopic (exact) mass is 316 g/mol. The third-order valence-electron chi connectivity index (χ3n) is 4.34. The number of carbonyl (C=O) groups is 2. The number of aryl methyl sites for hydroxylation is 1. The van der Waals surface area contributed by atoms with E-state index < -0.39 is 0 Å². The van der Waals surface area contributed by atoms with Crippen molar-refractivity contribution < 1.29 is 9.59 Å². The van der Waals surface area contributed by atoms with Crippen LogP contribution < -0.4 is 10.6 Å². The second-order valence-corrected chi connectivity index (χ2v) is 6.33. The highest BCUT2D eigenvalue weighted by Gasteiger charge is 2.16. The summed E-state index contributed by atoms with van der Waals surface area (Å²) in [6.45, 7) is 4.03. The number of ketones is 1. The number of rotatable bonds is 8. The van der Waals surface area contributed by atoms with E-state index in [-0.39, 0.29) is 30.6 Å². The number of amides is 1. The lowest BCUT2D eigenvalue weighted by Gasteiger charge is -2.23. The van der Waals surface area contributed by atoms with Crippen molar-refractivity contribution in [1.82, 2.24) is 10.6 Å². The highest BCUT2D eigenvalue weighted by atomic mass is 16.2. The highest BCUT2D eigenvalue weighted by molar-refractivity contribution is 5.98. The van der Waals surface area contributed by atoms with Gasteiger partial charge in [-0.3, -0.25) is 9.59 Å². The summed E-state index contributed by atoms with van der Waals surface area (Å²) in [5.41, 5.74) is 1.98. The molecule has 1 atom stereocenters. The van der Waals surface area contributed by atoms with Gasteiger partial charge in [-0.15, -0.1) is 0 Å². The van der Waals surface area contributed by atoms with Crippen molar-refractivity contribution in [3.8, 4) is 0 Å². The molecular formula is C19H28N2O2. The van der Waals surface area contributed by atoms with Gasteiger partial charge < -0.3 is 10.6 Å². The van der Waals surface area contributed by atoms with Crippen LogP contribution in [0.3, 0.4) is 0 Å². The minimum atomic E-state index is -0.0217. The van der Waals surface area contributed by atoms with Crippen LogP contribution in [-0.4, -0.2) is 30.8 Å². The van der Waals surface area contributed by atoms with Gasteiger partial charge in [-0.25, -0.2) is 0 Å². The molecule has 1 fully saturated rings. The Balaban J connectivity index is 1.74. The van der Waals surface area contributed by atoms with Crippen LogP contribution in [0.1, 0.15) is 61.4 Å². The van der Waals surface area contributed by atoms with Gasteiger partial charge in [-0.2, -0.15) is 0 Å². The summed E-state index contributed by atoms with van der Waals surface area (Å²) in [6, 6.07) is 8.03. The third kappa shape index (κ3) is 6.14. The van der Waals surface area contributed by atoms with Gasteiger partial charge in [-0.1, -0.05) is 37.6 Å². The van der Waals surface area contributed by atoms with Crippen molar-refractivity contribution in [1.29, 1.82) is 0 Å². The van der Waals surface area contributed by atoms with Crippen LogP contribution in [0.25, 0.3) is 0 Å². The van der Waals surface area contributed by atoms with Crippen LogP contribution in [0.2, 0.25) is 0 Å². The number of piperidine rings is 1. The number of hydrogen-bond donors (Lipinski definition) is 2. The molecule has 1 unspecified atom stereocenters. The topological polar surface area (TPSA) is 58.2 Å². The molecule has 0 spiro atoms. The SMILES string of the molecule is CCCCc1ccc(C(=O)CCC(=O)NC2CCCNC2)cc1. The molecule has 23 heavy (non-hydrogen) atoms. The molecule has 0 aliphatic carbocycles. The number of Topliss-reactive ketones (excluding diaryl/α,β-unsaturated/α-hetero) is 1. The predicted molar refractivity (Wildman–Crippen MR) is 92.7 cm³/mol. The molecule has 4 nitrogen and oxygen atoms in total. The molecule has 1 aromatic rings. The van der Waals surface area contributed by atoms with E-state index in [2.05, 4.69) is 17.6 Å². The lowest BCUT2D eigenvalue weighted by atomic mass is 10.0. The lowest BCUT2D eigenvalue weighted by molar-refractivity contribution is -0.121.